The van der Waals surface area contributed by atoms with Gasteiger partial charge in [-0.05, 0) is 30.4 Å². The topological polar surface area (TPSA) is 61.8 Å². The maximum absolute atomic E-state index is 9.12. The molecule has 0 bridgehead atoms. The van der Waals surface area contributed by atoms with Crippen molar-refractivity contribution in [2.75, 3.05) is 11.1 Å². The summed E-state index contributed by atoms with van der Waals surface area (Å²) < 4.78 is 0. The van der Waals surface area contributed by atoms with Crippen LogP contribution in [0.25, 0.3) is 0 Å². The lowest BCUT2D eigenvalue weighted by Crippen LogP contribution is -2.01. The van der Waals surface area contributed by atoms with E-state index in [0.717, 1.165) is 34.0 Å². The van der Waals surface area contributed by atoms with Crippen molar-refractivity contribution in [3.8, 4) is 6.07 Å². The average Bonchev–Trinajstić information content (AvgIpc) is 3.23. The van der Waals surface area contributed by atoms with Crippen molar-refractivity contribution in [2.45, 2.75) is 25.3 Å². The van der Waals surface area contributed by atoms with Gasteiger partial charge < -0.3 is 11.1 Å². The number of anilines is 2. The third-order valence-corrected chi connectivity index (χ3v) is 4.92. The average molecular weight is 304 g/mol. The van der Waals surface area contributed by atoms with Gasteiger partial charge in [0.2, 0.25) is 0 Å². The van der Waals surface area contributed by atoms with E-state index < -0.39 is 0 Å². The van der Waals surface area contributed by atoms with Gasteiger partial charge in [0.15, 0.2) is 0 Å². The number of thiophene rings is 1. The van der Waals surface area contributed by atoms with Crippen molar-refractivity contribution in [1.29, 1.82) is 5.26 Å². The number of hydrogen-bond acceptors (Lipinski definition) is 4. The van der Waals surface area contributed by atoms with Crippen molar-refractivity contribution in [2.24, 2.45) is 0 Å². The molecule has 0 amide bonds. The summed E-state index contributed by atoms with van der Waals surface area (Å²) in [6.45, 7) is 0.643. The van der Waals surface area contributed by atoms with E-state index >= 15 is 0 Å². The van der Waals surface area contributed by atoms with E-state index in [1.165, 1.54) is 11.3 Å². The highest BCUT2D eigenvalue weighted by molar-refractivity contribution is 7.17. The Morgan fingerprint density at radius 1 is 1.40 bits per heavy atom. The predicted molar refractivity (Wildman–Crippen MR) is 84.2 cm³/mol. The molecule has 1 saturated carbocycles. The number of nitriles is 1. The van der Waals surface area contributed by atoms with E-state index in [1.807, 2.05) is 24.3 Å². The predicted octanol–water partition coefficient (Wildman–Crippen LogP) is 4.34. The summed E-state index contributed by atoms with van der Waals surface area (Å²) in [5.41, 5.74) is 8.90. The quantitative estimate of drug-likeness (QED) is 0.883. The lowest BCUT2D eigenvalue weighted by Gasteiger charge is -2.08. The molecule has 5 heteroatoms. The van der Waals surface area contributed by atoms with E-state index in [9.17, 15) is 0 Å². The Hall–Kier alpha value is -1.70. The van der Waals surface area contributed by atoms with Crippen molar-refractivity contribution < 1.29 is 0 Å². The summed E-state index contributed by atoms with van der Waals surface area (Å²) in [5, 5.41) is 14.3. The highest BCUT2D eigenvalue weighted by Gasteiger charge is 2.31. The van der Waals surface area contributed by atoms with Crippen molar-refractivity contribution in [1.82, 2.24) is 0 Å². The largest absolute Gasteiger partial charge is 0.397 e. The molecular formula is C15H14ClN3S. The number of nitrogens with zero attached hydrogens (tertiary/aromatic N) is 1. The van der Waals surface area contributed by atoms with Crippen LogP contribution in [0.2, 0.25) is 5.02 Å². The number of hydrogen-bond donors (Lipinski definition) is 2. The fourth-order valence-electron chi connectivity index (χ4n) is 2.27. The molecule has 0 spiro atoms. The van der Waals surface area contributed by atoms with E-state index in [-0.39, 0.29) is 0 Å². The Morgan fingerprint density at radius 3 is 2.80 bits per heavy atom. The summed E-state index contributed by atoms with van der Waals surface area (Å²) in [6, 6.07) is 9.93. The van der Waals surface area contributed by atoms with Crippen LogP contribution < -0.4 is 11.1 Å². The molecule has 3 nitrogen and oxygen atoms in total. The van der Waals surface area contributed by atoms with Gasteiger partial charge in [0.1, 0.15) is 10.9 Å². The Labute approximate surface area is 127 Å². The molecule has 0 aliphatic heterocycles. The molecule has 1 aliphatic rings. The van der Waals surface area contributed by atoms with Gasteiger partial charge >= 0.3 is 0 Å². The van der Waals surface area contributed by atoms with Crippen LogP contribution in [0.15, 0.2) is 24.3 Å². The molecule has 0 unspecified atom stereocenters. The van der Waals surface area contributed by atoms with E-state index in [4.69, 9.17) is 22.6 Å². The molecule has 2 aromatic rings. The Kier molecular flexibility index (Phi) is 3.56. The minimum Gasteiger partial charge on any atom is -0.397 e. The molecule has 1 aromatic heterocycles. The molecule has 0 saturated heterocycles. The van der Waals surface area contributed by atoms with Crippen LogP contribution >= 0.6 is 22.9 Å². The second kappa shape index (κ2) is 5.35. The molecule has 1 aromatic carbocycles. The highest BCUT2D eigenvalue weighted by atomic mass is 35.5. The number of benzene rings is 1. The summed E-state index contributed by atoms with van der Waals surface area (Å²) in [4.78, 5) is 0.605. The van der Waals surface area contributed by atoms with Crippen molar-refractivity contribution in [3.63, 3.8) is 0 Å². The van der Waals surface area contributed by atoms with E-state index in [2.05, 4.69) is 11.4 Å². The minimum atomic E-state index is 0.516. The summed E-state index contributed by atoms with van der Waals surface area (Å²) >= 11 is 7.59. The third kappa shape index (κ3) is 2.47. The normalized spacial score (nSPS) is 14.0. The van der Waals surface area contributed by atoms with Gasteiger partial charge in [-0.15, -0.1) is 11.3 Å². The van der Waals surface area contributed by atoms with Crippen LogP contribution in [0.1, 0.15) is 34.8 Å². The molecular weight excluding hydrogens is 290 g/mol. The number of nitrogen functional groups attached to an aromatic ring is 1. The first kappa shape index (κ1) is 13.3. The summed E-state index contributed by atoms with van der Waals surface area (Å²) in [5.74, 6) is 0.516. The Morgan fingerprint density at radius 2 is 2.15 bits per heavy atom. The molecule has 102 valence electrons. The van der Waals surface area contributed by atoms with Gasteiger partial charge in [-0.2, -0.15) is 5.26 Å². The molecule has 3 N–H and O–H groups in total. The first-order chi connectivity index (χ1) is 9.70. The van der Waals surface area contributed by atoms with Gasteiger partial charge in [0.25, 0.3) is 0 Å². The van der Waals surface area contributed by atoms with E-state index in [0.29, 0.717) is 23.0 Å². The molecule has 1 fully saturated rings. The molecule has 0 atom stereocenters. The van der Waals surface area contributed by atoms with Crippen LogP contribution in [0.3, 0.4) is 0 Å². The third-order valence-electron chi connectivity index (χ3n) is 3.47. The number of nitrogens with one attached hydrogen (secondary N) is 1. The van der Waals surface area contributed by atoms with Gasteiger partial charge in [0.05, 0.1) is 10.7 Å². The van der Waals surface area contributed by atoms with Gasteiger partial charge in [-0.25, -0.2) is 0 Å². The maximum atomic E-state index is 9.12. The first-order valence-electron chi connectivity index (χ1n) is 6.50. The molecule has 3 rings (SSSR count). The van der Waals surface area contributed by atoms with Crippen LogP contribution in [0, 0.1) is 11.3 Å². The molecule has 0 radical (unpaired) electrons. The fourth-order valence-corrected chi connectivity index (χ4v) is 3.47. The van der Waals surface area contributed by atoms with Crippen LogP contribution in [-0.4, -0.2) is 0 Å². The van der Waals surface area contributed by atoms with Gasteiger partial charge in [-0.1, -0.05) is 29.8 Å². The van der Waals surface area contributed by atoms with Crippen LogP contribution in [0.5, 0.6) is 0 Å². The first-order valence-corrected chi connectivity index (χ1v) is 7.69. The highest BCUT2D eigenvalue weighted by Crippen LogP contribution is 2.50. The zero-order chi connectivity index (χ0) is 14.1. The van der Waals surface area contributed by atoms with Crippen molar-refractivity contribution >= 4 is 33.6 Å². The smallest absolute Gasteiger partial charge is 0.130 e. The second-order valence-corrected chi connectivity index (χ2v) is 6.35. The monoisotopic (exact) mass is 303 g/mol. The van der Waals surface area contributed by atoms with Gasteiger partial charge in [0, 0.05) is 17.1 Å². The van der Waals surface area contributed by atoms with Gasteiger partial charge in [-0.3, -0.25) is 0 Å². The second-order valence-electron chi connectivity index (χ2n) is 4.92. The lowest BCUT2D eigenvalue weighted by molar-refractivity contribution is 1.11. The zero-order valence-electron chi connectivity index (χ0n) is 10.8. The summed E-state index contributed by atoms with van der Waals surface area (Å²) in [6.07, 6.45) is 2.32. The lowest BCUT2D eigenvalue weighted by atomic mass is 10.1. The number of halogens is 1. The minimum absolute atomic E-state index is 0.516. The van der Waals surface area contributed by atoms with Crippen LogP contribution in [-0.2, 0) is 6.54 Å². The SMILES string of the molecule is N#Cc1sc(NCc2ccccc2Cl)c(C2CC2)c1N. The summed E-state index contributed by atoms with van der Waals surface area (Å²) in [7, 11) is 0. The number of nitrogens with two attached hydrogens (primary N) is 1. The zero-order valence-corrected chi connectivity index (χ0v) is 12.4. The fraction of sp³-hybridized carbons (Fsp3) is 0.267. The Balaban J connectivity index is 1.84. The molecule has 1 heterocycles. The standard InChI is InChI=1S/C15H14ClN3S/c16-11-4-2-1-3-10(11)8-19-15-13(9-5-6-9)14(18)12(7-17)20-15/h1-4,9,19H,5-6,8,18H2. The maximum Gasteiger partial charge on any atom is 0.130 e. The molecule has 20 heavy (non-hydrogen) atoms. The molecule has 1 aliphatic carbocycles. The Bertz CT molecular complexity index is 683. The van der Waals surface area contributed by atoms with Crippen LogP contribution in [0.4, 0.5) is 10.7 Å². The van der Waals surface area contributed by atoms with E-state index in [1.54, 1.807) is 0 Å². The number of rotatable bonds is 4. The van der Waals surface area contributed by atoms with Crippen molar-refractivity contribution in [3.05, 3.63) is 45.3 Å².